The Morgan fingerprint density at radius 1 is 1.07 bits per heavy atom. The van der Waals surface area contributed by atoms with Crippen LogP contribution in [-0.2, 0) is 11.2 Å². The van der Waals surface area contributed by atoms with E-state index in [-0.39, 0.29) is 5.91 Å². The second-order valence-electron chi connectivity index (χ2n) is 6.75. The van der Waals surface area contributed by atoms with Gasteiger partial charge in [0, 0.05) is 22.7 Å². The van der Waals surface area contributed by atoms with Crippen molar-refractivity contribution in [3.63, 3.8) is 0 Å². The molecule has 0 aliphatic rings. The lowest BCUT2D eigenvalue weighted by molar-refractivity contribution is -0.116. The third-order valence-corrected chi connectivity index (χ3v) is 4.74. The van der Waals surface area contributed by atoms with Crippen LogP contribution >= 0.6 is 11.6 Å². The highest BCUT2D eigenvalue weighted by Crippen LogP contribution is 2.27. The number of carbonyl (C=O) groups is 1. The Morgan fingerprint density at radius 2 is 1.89 bits per heavy atom. The Balaban J connectivity index is 1.45. The molecule has 0 bridgehead atoms. The fourth-order valence-electron chi connectivity index (χ4n) is 2.99. The number of anilines is 1. The summed E-state index contributed by atoms with van der Waals surface area (Å²) in [7, 11) is 0. The number of benzene rings is 3. The third kappa shape index (κ3) is 4.24. The summed E-state index contributed by atoms with van der Waals surface area (Å²) in [6, 6.07) is 21.0. The molecule has 5 heteroatoms. The van der Waals surface area contributed by atoms with Crippen molar-refractivity contribution in [3.8, 4) is 11.5 Å². The predicted molar refractivity (Wildman–Crippen MR) is 113 cm³/mol. The van der Waals surface area contributed by atoms with Crippen molar-refractivity contribution in [2.45, 2.75) is 19.8 Å². The molecule has 0 atom stereocenters. The van der Waals surface area contributed by atoms with Crippen LogP contribution in [0.3, 0.4) is 0 Å². The van der Waals surface area contributed by atoms with E-state index in [0.717, 1.165) is 11.1 Å². The molecule has 0 spiro atoms. The molecule has 0 saturated carbocycles. The Labute approximate surface area is 168 Å². The van der Waals surface area contributed by atoms with Gasteiger partial charge >= 0.3 is 0 Å². The van der Waals surface area contributed by atoms with Crippen molar-refractivity contribution >= 4 is 34.3 Å². The van der Waals surface area contributed by atoms with Gasteiger partial charge in [0.05, 0.1) is 0 Å². The first-order valence-electron chi connectivity index (χ1n) is 9.09. The molecule has 4 rings (SSSR count). The largest absolute Gasteiger partial charge is 0.436 e. The van der Waals surface area contributed by atoms with Crippen molar-refractivity contribution in [2.24, 2.45) is 0 Å². The zero-order valence-electron chi connectivity index (χ0n) is 15.4. The molecule has 4 aromatic rings. The number of hydrogen-bond donors (Lipinski definition) is 1. The lowest BCUT2D eigenvalue weighted by Crippen LogP contribution is -2.12. The second kappa shape index (κ2) is 7.87. The summed E-state index contributed by atoms with van der Waals surface area (Å²) in [5, 5.41) is 3.56. The molecule has 1 aromatic heterocycles. The minimum Gasteiger partial charge on any atom is -0.436 e. The smallest absolute Gasteiger partial charge is 0.227 e. The first-order chi connectivity index (χ1) is 13.6. The summed E-state index contributed by atoms with van der Waals surface area (Å²) in [5.41, 5.74) is 5.23. The highest BCUT2D eigenvalue weighted by molar-refractivity contribution is 6.30. The number of amides is 1. The normalized spacial score (nSPS) is 10.9. The molecular formula is C23H19ClN2O2. The molecule has 0 unspecified atom stereocenters. The fourth-order valence-corrected chi connectivity index (χ4v) is 3.18. The van der Waals surface area contributed by atoms with E-state index in [1.165, 1.54) is 5.56 Å². The molecule has 0 aliphatic carbocycles. The fraction of sp³-hybridized carbons (Fsp3) is 0.130. The number of halogens is 1. The van der Waals surface area contributed by atoms with E-state index in [2.05, 4.69) is 34.6 Å². The summed E-state index contributed by atoms with van der Waals surface area (Å²) in [6.45, 7) is 2.05. The molecule has 4 nitrogen and oxygen atoms in total. The van der Waals surface area contributed by atoms with E-state index in [0.29, 0.717) is 40.5 Å². The number of carbonyl (C=O) groups excluding carboxylic acids is 1. The average Bonchev–Trinajstić information content (AvgIpc) is 3.11. The number of hydrogen-bond acceptors (Lipinski definition) is 3. The van der Waals surface area contributed by atoms with E-state index < -0.39 is 0 Å². The number of nitrogens with zero attached hydrogens (tertiary/aromatic N) is 1. The lowest BCUT2D eigenvalue weighted by atomic mass is 10.1. The molecule has 0 fully saturated rings. The summed E-state index contributed by atoms with van der Waals surface area (Å²) < 4.78 is 5.80. The Bertz CT molecular complexity index is 1130. The van der Waals surface area contributed by atoms with Gasteiger partial charge in [-0.3, -0.25) is 4.79 Å². The molecule has 140 valence electrons. The predicted octanol–water partition coefficient (Wildman–Crippen LogP) is 6.03. The van der Waals surface area contributed by atoms with Crippen LogP contribution in [-0.4, -0.2) is 10.9 Å². The van der Waals surface area contributed by atoms with E-state index >= 15 is 0 Å². The molecule has 1 N–H and O–H groups in total. The molecule has 0 radical (unpaired) electrons. The van der Waals surface area contributed by atoms with Crippen molar-refractivity contribution in [1.82, 2.24) is 4.98 Å². The van der Waals surface area contributed by atoms with E-state index in [1.807, 2.05) is 37.3 Å². The number of rotatable bonds is 5. The first kappa shape index (κ1) is 18.3. The first-order valence-corrected chi connectivity index (χ1v) is 9.46. The molecule has 0 saturated heterocycles. The Kier molecular flexibility index (Phi) is 5.13. The quantitative estimate of drug-likeness (QED) is 0.452. The van der Waals surface area contributed by atoms with Gasteiger partial charge in [0.2, 0.25) is 11.8 Å². The van der Waals surface area contributed by atoms with Gasteiger partial charge in [-0.25, -0.2) is 4.98 Å². The van der Waals surface area contributed by atoms with Gasteiger partial charge in [0.25, 0.3) is 0 Å². The zero-order valence-corrected chi connectivity index (χ0v) is 16.2. The van der Waals surface area contributed by atoms with Crippen molar-refractivity contribution in [1.29, 1.82) is 0 Å². The molecule has 28 heavy (non-hydrogen) atoms. The maximum atomic E-state index is 12.3. The van der Waals surface area contributed by atoms with Gasteiger partial charge in [0.15, 0.2) is 5.58 Å². The number of nitrogens with one attached hydrogen (secondary N) is 1. The minimum atomic E-state index is -0.0292. The average molecular weight is 391 g/mol. The van der Waals surface area contributed by atoms with Crippen molar-refractivity contribution < 1.29 is 9.21 Å². The van der Waals surface area contributed by atoms with Crippen LogP contribution < -0.4 is 5.32 Å². The van der Waals surface area contributed by atoms with Gasteiger partial charge in [0.1, 0.15) is 5.52 Å². The molecule has 0 aliphatic heterocycles. The van der Waals surface area contributed by atoms with Crippen molar-refractivity contribution in [2.75, 3.05) is 5.32 Å². The van der Waals surface area contributed by atoms with Crippen LogP contribution in [0.4, 0.5) is 5.69 Å². The third-order valence-electron chi connectivity index (χ3n) is 4.50. The van der Waals surface area contributed by atoms with Crippen LogP contribution in [0.25, 0.3) is 22.6 Å². The Hall–Kier alpha value is -3.11. The van der Waals surface area contributed by atoms with Crippen LogP contribution in [0, 0.1) is 6.92 Å². The van der Waals surface area contributed by atoms with Crippen LogP contribution in [0.2, 0.25) is 5.02 Å². The van der Waals surface area contributed by atoms with Gasteiger partial charge in [-0.1, -0.05) is 47.5 Å². The zero-order chi connectivity index (χ0) is 19.5. The van der Waals surface area contributed by atoms with Crippen molar-refractivity contribution in [3.05, 3.63) is 82.9 Å². The van der Waals surface area contributed by atoms with Crippen LogP contribution in [0.1, 0.15) is 17.5 Å². The van der Waals surface area contributed by atoms with Crippen LogP contribution in [0.5, 0.6) is 0 Å². The number of aromatic nitrogens is 1. The molecule has 1 amide bonds. The summed E-state index contributed by atoms with van der Waals surface area (Å²) in [4.78, 5) is 16.8. The van der Waals surface area contributed by atoms with E-state index in [9.17, 15) is 4.79 Å². The lowest BCUT2D eigenvalue weighted by Gasteiger charge is -2.05. The van der Waals surface area contributed by atoms with Gasteiger partial charge in [-0.05, 0) is 55.3 Å². The SMILES string of the molecule is Cc1ccc(CCC(=O)Nc2ccc3oc(-c4cccc(Cl)c4)nc3c2)cc1. The van der Waals surface area contributed by atoms with Gasteiger partial charge in [-0.2, -0.15) is 0 Å². The number of fused-ring (bicyclic) bond motifs is 1. The number of oxazole rings is 1. The summed E-state index contributed by atoms with van der Waals surface area (Å²) in [6.07, 6.45) is 1.13. The van der Waals surface area contributed by atoms with Gasteiger partial charge < -0.3 is 9.73 Å². The van der Waals surface area contributed by atoms with Gasteiger partial charge in [-0.15, -0.1) is 0 Å². The van der Waals surface area contributed by atoms with E-state index in [4.69, 9.17) is 16.0 Å². The topological polar surface area (TPSA) is 55.1 Å². The highest BCUT2D eigenvalue weighted by atomic mass is 35.5. The maximum Gasteiger partial charge on any atom is 0.227 e. The van der Waals surface area contributed by atoms with Crippen LogP contribution in [0.15, 0.2) is 71.1 Å². The highest BCUT2D eigenvalue weighted by Gasteiger charge is 2.10. The summed E-state index contributed by atoms with van der Waals surface area (Å²) in [5.74, 6) is 0.471. The molecule has 1 heterocycles. The number of aryl methyl sites for hydroxylation is 2. The summed E-state index contributed by atoms with van der Waals surface area (Å²) >= 11 is 6.04. The minimum absolute atomic E-state index is 0.0292. The standard InChI is InChI=1S/C23H19ClN2O2/c1-15-5-7-16(8-6-15)9-12-22(27)25-19-10-11-21-20(14-19)26-23(28-21)17-3-2-4-18(24)13-17/h2-8,10-11,13-14H,9,12H2,1H3,(H,25,27). The monoisotopic (exact) mass is 390 g/mol. The molecule has 3 aromatic carbocycles. The Morgan fingerprint density at radius 3 is 2.68 bits per heavy atom. The van der Waals surface area contributed by atoms with E-state index in [1.54, 1.807) is 12.1 Å². The second-order valence-corrected chi connectivity index (χ2v) is 7.18. The maximum absolute atomic E-state index is 12.3. The molecular weight excluding hydrogens is 372 g/mol.